The Morgan fingerprint density at radius 1 is 0.889 bits per heavy atom. The first-order valence-electron chi connectivity index (χ1n) is 8.03. The van der Waals surface area contributed by atoms with Gasteiger partial charge in [0.1, 0.15) is 0 Å². The summed E-state index contributed by atoms with van der Waals surface area (Å²) >= 11 is 5.90. The number of nitrogens with zero attached hydrogens (tertiary/aromatic N) is 2. The van der Waals surface area contributed by atoms with Gasteiger partial charge in [-0.2, -0.15) is 0 Å². The maximum Gasteiger partial charge on any atom is 0.258 e. The SMILES string of the molecule is CC(=O)Nc1cccc(Nc2ncc(C(=O)Nc3cccc(Cl)c3)cn2)c1. The van der Waals surface area contributed by atoms with Crippen LogP contribution in [0.5, 0.6) is 0 Å². The number of carbonyl (C=O) groups is 2. The third-order valence-electron chi connectivity index (χ3n) is 3.44. The van der Waals surface area contributed by atoms with Crippen molar-refractivity contribution in [3.8, 4) is 0 Å². The maximum absolute atomic E-state index is 12.2. The lowest BCUT2D eigenvalue weighted by Gasteiger charge is -2.08. The van der Waals surface area contributed by atoms with Crippen molar-refractivity contribution in [2.75, 3.05) is 16.0 Å². The van der Waals surface area contributed by atoms with Gasteiger partial charge in [-0.05, 0) is 36.4 Å². The number of hydrogen-bond acceptors (Lipinski definition) is 5. The Balaban J connectivity index is 1.66. The van der Waals surface area contributed by atoms with E-state index in [4.69, 9.17) is 11.6 Å². The number of halogens is 1. The molecule has 1 heterocycles. The van der Waals surface area contributed by atoms with E-state index in [0.29, 0.717) is 33.6 Å². The molecule has 0 spiro atoms. The second-order valence-electron chi connectivity index (χ2n) is 5.65. The molecule has 3 aromatic rings. The molecule has 0 aliphatic carbocycles. The van der Waals surface area contributed by atoms with E-state index in [-0.39, 0.29) is 11.8 Å². The van der Waals surface area contributed by atoms with Crippen molar-refractivity contribution in [2.45, 2.75) is 6.92 Å². The van der Waals surface area contributed by atoms with E-state index in [1.807, 2.05) is 6.07 Å². The second-order valence-corrected chi connectivity index (χ2v) is 6.08. The van der Waals surface area contributed by atoms with Crippen LogP contribution in [0, 0.1) is 0 Å². The van der Waals surface area contributed by atoms with Crippen LogP contribution in [0.4, 0.5) is 23.0 Å². The Hall–Kier alpha value is -3.45. The minimum Gasteiger partial charge on any atom is -0.326 e. The summed E-state index contributed by atoms with van der Waals surface area (Å²) < 4.78 is 0. The molecule has 8 heteroatoms. The van der Waals surface area contributed by atoms with Crippen LogP contribution in [0.25, 0.3) is 0 Å². The van der Waals surface area contributed by atoms with Crippen LogP contribution < -0.4 is 16.0 Å². The summed E-state index contributed by atoms with van der Waals surface area (Å²) in [5, 5.41) is 8.98. The maximum atomic E-state index is 12.2. The lowest BCUT2D eigenvalue weighted by Crippen LogP contribution is -2.13. The van der Waals surface area contributed by atoms with Gasteiger partial charge in [-0.3, -0.25) is 9.59 Å². The second kappa shape index (κ2) is 8.29. The fourth-order valence-electron chi connectivity index (χ4n) is 2.29. The number of anilines is 4. The van der Waals surface area contributed by atoms with E-state index in [0.717, 1.165) is 0 Å². The molecule has 3 N–H and O–H groups in total. The van der Waals surface area contributed by atoms with Crippen molar-refractivity contribution >= 4 is 46.4 Å². The molecule has 1 aromatic heterocycles. The predicted octanol–water partition coefficient (Wildman–Crippen LogP) is 4.08. The van der Waals surface area contributed by atoms with Gasteiger partial charge in [0.25, 0.3) is 5.91 Å². The van der Waals surface area contributed by atoms with Crippen LogP contribution in [-0.4, -0.2) is 21.8 Å². The highest BCUT2D eigenvalue weighted by Gasteiger charge is 2.08. The molecule has 0 unspecified atom stereocenters. The largest absolute Gasteiger partial charge is 0.326 e. The van der Waals surface area contributed by atoms with Gasteiger partial charge in [-0.1, -0.05) is 23.7 Å². The van der Waals surface area contributed by atoms with Crippen LogP contribution in [0.1, 0.15) is 17.3 Å². The molecule has 2 aromatic carbocycles. The molecule has 0 fully saturated rings. The predicted molar refractivity (Wildman–Crippen MR) is 105 cm³/mol. The van der Waals surface area contributed by atoms with Crippen LogP contribution in [0.3, 0.4) is 0 Å². The topological polar surface area (TPSA) is 96.0 Å². The average molecular weight is 382 g/mol. The fourth-order valence-corrected chi connectivity index (χ4v) is 2.48. The molecule has 7 nitrogen and oxygen atoms in total. The van der Waals surface area contributed by atoms with Gasteiger partial charge in [0, 0.05) is 41.4 Å². The van der Waals surface area contributed by atoms with E-state index in [9.17, 15) is 9.59 Å². The highest BCUT2D eigenvalue weighted by atomic mass is 35.5. The zero-order chi connectivity index (χ0) is 19.2. The molecule has 0 bridgehead atoms. The van der Waals surface area contributed by atoms with E-state index >= 15 is 0 Å². The summed E-state index contributed by atoms with van der Waals surface area (Å²) in [6.07, 6.45) is 2.85. The van der Waals surface area contributed by atoms with Crippen molar-refractivity contribution < 1.29 is 9.59 Å². The molecule has 0 aliphatic heterocycles. The summed E-state index contributed by atoms with van der Waals surface area (Å²) in [6.45, 7) is 1.44. The number of aromatic nitrogens is 2. The summed E-state index contributed by atoms with van der Waals surface area (Å²) in [6, 6.07) is 14.0. The zero-order valence-corrected chi connectivity index (χ0v) is 15.1. The van der Waals surface area contributed by atoms with Crippen LogP contribution >= 0.6 is 11.6 Å². The Morgan fingerprint density at radius 3 is 2.19 bits per heavy atom. The molecule has 0 saturated carbocycles. The van der Waals surface area contributed by atoms with Gasteiger partial charge in [-0.15, -0.1) is 0 Å². The molecule has 136 valence electrons. The summed E-state index contributed by atoms with van der Waals surface area (Å²) in [7, 11) is 0. The minimum atomic E-state index is -0.337. The molecule has 2 amide bonds. The van der Waals surface area contributed by atoms with Crippen LogP contribution in [0.15, 0.2) is 60.9 Å². The Morgan fingerprint density at radius 2 is 1.52 bits per heavy atom. The monoisotopic (exact) mass is 381 g/mol. The van der Waals surface area contributed by atoms with Crippen LogP contribution in [-0.2, 0) is 4.79 Å². The van der Waals surface area contributed by atoms with E-state index in [1.165, 1.54) is 19.3 Å². The Bertz CT molecular complexity index is 976. The minimum absolute atomic E-state index is 0.154. The Kier molecular flexibility index (Phi) is 5.63. The Labute approximate surface area is 160 Å². The number of carbonyl (C=O) groups excluding carboxylic acids is 2. The smallest absolute Gasteiger partial charge is 0.258 e. The van der Waals surface area contributed by atoms with E-state index < -0.39 is 0 Å². The lowest BCUT2D eigenvalue weighted by molar-refractivity contribution is -0.114. The molecule has 27 heavy (non-hydrogen) atoms. The highest BCUT2D eigenvalue weighted by Crippen LogP contribution is 2.19. The first-order chi connectivity index (χ1) is 13.0. The third-order valence-corrected chi connectivity index (χ3v) is 3.67. The first kappa shape index (κ1) is 18.3. The third kappa shape index (κ3) is 5.26. The van der Waals surface area contributed by atoms with Gasteiger partial charge >= 0.3 is 0 Å². The van der Waals surface area contributed by atoms with Gasteiger partial charge in [0.05, 0.1) is 5.56 Å². The molecule has 0 radical (unpaired) electrons. The van der Waals surface area contributed by atoms with Gasteiger partial charge < -0.3 is 16.0 Å². The van der Waals surface area contributed by atoms with E-state index in [1.54, 1.807) is 42.5 Å². The van der Waals surface area contributed by atoms with Gasteiger partial charge in [0.15, 0.2) is 0 Å². The van der Waals surface area contributed by atoms with Crippen molar-refractivity contribution in [3.63, 3.8) is 0 Å². The standard InChI is InChI=1S/C19H16ClN5O2/c1-12(26)23-16-6-3-7-17(9-16)25-19-21-10-13(11-22-19)18(27)24-15-5-2-4-14(20)8-15/h2-11H,1H3,(H,23,26)(H,24,27)(H,21,22,25). The number of nitrogens with one attached hydrogen (secondary N) is 3. The fraction of sp³-hybridized carbons (Fsp3) is 0.0526. The van der Waals surface area contributed by atoms with Gasteiger partial charge in [-0.25, -0.2) is 9.97 Å². The molecular formula is C19H16ClN5O2. The summed E-state index contributed by atoms with van der Waals surface area (Å²) in [4.78, 5) is 31.7. The summed E-state index contributed by atoms with van der Waals surface area (Å²) in [5.41, 5.74) is 2.26. The molecule has 0 atom stereocenters. The van der Waals surface area contributed by atoms with Gasteiger partial charge in [0.2, 0.25) is 11.9 Å². The highest BCUT2D eigenvalue weighted by molar-refractivity contribution is 6.30. The zero-order valence-electron chi connectivity index (χ0n) is 14.4. The summed E-state index contributed by atoms with van der Waals surface area (Å²) in [5.74, 6) is -0.163. The molecule has 3 rings (SSSR count). The van der Waals surface area contributed by atoms with Crippen molar-refractivity contribution in [3.05, 3.63) is 71.5 Å². The average Bonchev–Trinajstić information content (AvgIpc) is 2.62. The van der Waals surface area contributed by atoms with E-state index in [2.05, 4.69) is 25.9 Å². The first-order valence-corrected chi connectivity index (χ1v) is 8.41. The van der Waals surface area contributed by atoms with Crippen molar-refractivity contribution in [2.24, 2.45) is 0 Å². The van der Waals surface area contributed by atoms with Crippen molar-refractivity contribution in [1.82, 2.24) is 9.97 Å². The van der Waals surface area contributed by atoms with Crippen LogP contribution in [0.2, 0.25) is 5.02 Å². The normalized spacial score (nSPS) is 10.1. The molecule has 0 aliphatic rings. The number of rotatable bonds is 5. The quantitative estimate of drug-likeness (QED) is 0.618. The van der Waals surface area contributed by atoms with Crippen molar-refractivity contribution in [1.29, 1.82) is 0 Å². The number of amides is 2. The number of hydrogen-bond donors (Lipinski definition) is 3. The molecule has 0 saturated heterocycles. The number of benzene rings is 2. The lowest BCUT2D eigenvalue weighted by atomic mass is 10.2. The molecular weight excluding hydrogens is 366 g/mol.